The summed E-state index contributed by atoms with van der Waals surface area (Å²) >= 11 is 5.87. The summed E-state index contributed by atoms with van der Waals surface area (Å²) in [6.45, 7) is 0.936. The van der Waals surface area contributed by atoms with Gasteiger partial charge in [0.25, 0.3) is 0 Å². The number of hydrogen-bond donors (Lipinski definition) is 3. The lowest BCUT2D eigenvalue weighted by atomic mass is 10.1. The maximum atomic E-state index is 9.51. The van der Waals surface area contributed by atoms with Crippen molar-refractivity contribution in [3.05, 3.63) is 16.7 Å². The molecule has 1 aliphatic heterocycles. The number of fused-ring (bicyclic) bond motifs is 1. The largest absolute Gasteiger partial charge is 0.506 e. The Balaban J connectivity index is 2.52. The number of hydroxylamine groups is 1. The number of benzene rings is 1. The number of halogens is 1. The monoisotopic (exact) mass is 231 g/mol. The topological polar surface area (TPSA) is 71.0 Å². The maximum absolute atomic E-state index is 9.51. The second-order valence-electron chi connectivity index (χ2n) is 3.05. The number of ether oxygens (including phenoxy) is 2. The van der Waals surface area contributed by atoms with Crippen molar-refractivity contribution in [1.82, 2.24) is 5.48 Å². The predicted octanol–water partition coefficient (Wildman–Crippen LogP) is 1.30. The maximum Gasteiger partial charge on any atom is 0.167 e. The van der Waals surface area contributed by atoms with Crippen LogP contribution in [0.3, 0.4) is 0 Å². The Hall–Kier alpha value is -1.17. The Labute approximate surface area is 91.1 Å². The Kier molecular flexibility index (Phi) is 2.86. The first-order valence-electron chi connectivity index (χ1n) is 4.41. The average molecular weight is 232 g/mol. The molecule has 0 fully saturated rings. The van der Waals surface area contributed by atoms with Crippen LogP contribution in [0.1, 0.15) is 5.56 Å². The van der Waals surface area contributed by atoms with Crippen LogP contribution in [-0.2, 0) is 6.54 Å². The van der Waals surface area contributed by atoms with Gasteiger partial charge in [0.15, 0.2) is 11.5 Å². The van der Waals surface area contributed by atoms with Gasteiger partial charge in [-0.1, -0.05) is 11.6 Å². The lowest BCUT2D eigenvalue weighted by Gasteiger charge is -2.22. The van der Waals surface area contributed by atoms with E-state index < -0.39 is 0 Å². The highest BCUT2D eigenvalue weighted by Gasteiger charge is 2.21. The lowest BCUT2D eigenvalue weighted by molar-refractivity contribution is 0.150. The summed E-state index contributed by atoms with van der Waals surface area (Å²) in [6, 6.07) is 1.40. The van der Waals surface area contributed by atoms with Crippen molar-refractivity contribution in [2.24, 2.45) is 0 Å². The molecular weight excluding hydrogens is 222 g/mol. The molecule has 0 spiro atoms. The van der Waals surface area contributed by atoms with E-state index >= 15 is 0 Å². The van der Waals surface area contributed by atoms with E-state index in [1.165, 1.54) is 6.07 Å². The van der Waals surface area contributed by atoms with Crippen LogP contribution in [0.25, 0.3) is 0 Å². The molecule has 1 heterocycles. The number of phenolic OH excluding ortho intramolecular Hbond substituents is 1. The van der Waals surface area contributed by atoms with Gasteiger partial charge in [0, 0.05) is 11.6 Å². The highest BCUT2D eigenvalue weighted by atomic mass is 35.5. The van der Waals surface area contributed by atoms with Gasteiger partial charge in [0.1, 0.15) is 19.0 Å². The van der Waals surface area contributed by atoms with Crippen molar-refractivity contribution in [3.8, 4) is 17.2 Å². The standard InChI is InChI=1S/C9H10ClNO4/c10-8-5(4-11-13)9-7(3-6(8)12)14-1-2-15-9/h3,11-13H,1-2,4H2. The fourth-order valence-electron chi connectivity index (χ4n) is 1.45. The van der Waals surface area contributed by atoms with Crippen LogP contribution in [0.4, 0.5) is 0 Å². The summed E-state index contributed by atoms with van der Waals surface area (Å²) in [5.41, 5.74) is 2.45. The Bertz CT molecular complexity index is 383. The number of phenols is 1. The van der Waals surface area contributed by atoms with Gasteiger partial charge >= 0.3 is 0 Å². The summed E-state index contributed by atoms with van der Waals surface area (Å²) in [4.78, 5) is 0. The van der Waals surface area contributed by atoms with Crippen LogP contribution in [0.5, 0.6) is 17.2 Å². The molecule has 1 aliphatic rings. The third-order valence-electron chi connectivity index (χ3n) is 2.10. The normalized spacial score (nSPS) is 14.0. The molecule has 2 rings (SSSR count). The zero-order chi connectivity index (χ0) is 10.8. The highest BCUT2D eigenvalue weighted by molar-refractivity contribution is 6.33. The van der Waals surface area contributed by atoms with Crippen LogP contribution < -0.4 is 15.0 Å². The molecule has 3 N–H and O–H groups in total. The zero-order valence-corrected chi connectivity index (χ0v) is 8.54. The summed E-state index contributed by atoms with van der Waals surface area (Å²) in [5, 5.41) is 18.3. The van der Waals surface area contributed by atoms with Gasteiger partial charge in [-0.3, -0.25) is 0 Å². The Morgan fingerprint density at radius 2 is 2.13 bits per heavy atom. The fraction of sp³-hybridized carbons (Fsp3) is 0.333. The predicted molar refractivity (Wildman–Crippen MR) is 52.7 cm³/mol. The fourth-order valence-corrected chi connectivity index (χ4v) is 1.66. The molecule has 1 aromatic carbocycles. The lowest BCUT2D eigenvalue weighted by Crippen LogP contribution is -2.18. The third kappa shape index (κ3) is 1.81. The second kappa shape index (κ2) is 4.14. The van der Waals surface area contributed by atoms with Crippen LogP contribution in [0, 0.1) is 0 Å². The van der Waals surface area contributed by atoms with E-state index in [4.69, 9.17) is 26.3 Å². The van der Waals surface area contributed by atoms with Crippen molar-refractivity contribution in [2.45, 2.75) is 6.54 Å². The minimum Gasteiger partial charge on any atom is -0.506 e. The number of nitrogens with one attached hydrogen (secondary N) is 1. The molecule has 82 valence electrons. The minimum absolute atomic E-state index is 0.0823. The van der Waals surface area contributed by atoms with E-state index in [-0.39, 0.29) is 17.3 Å². The number of aromatic hydroxyl groups is 1. The summed E-state index contributed by atoms with van der Waals surface area (Å²) in [5.74, 6) is 0.810. The molecule has 0 saturated carbocycles. The first-order valence-corrected chi connectivity index (χ1v) is 4.78. The molecule has 0 aromatic heterocycles. The van der Waals surface area contributed by atoms with Gasteiger partial charge in [-0.25, -0.2) is 5.48 Å². The Morgan fingerprint density at radius 3 is 2.87 bits per heavy atom. The van der Waals surface area contributed by atoms with Crippen molar-refractivity contribution >= 4 is 11.6 Å². The third-order valence-corrected chi connectivity index (χ3v) is 2.52. The molecule has 1 aromatic rings. The van der Waals surface area contributed by atoms with E-state index in [9.17, 15) is 5.11 Å². The van der Waals surface area contributed by atoms with Crippen molar-refractivity contribution in [2.75, 3.05) is 13.2 Å². The SMILES string of the molecule is ONCc1c(Cl)c(O)cc2c1OCCO2. The van der Waals surface area contributed by atoms with E-state index in [1.807, 2.05) is 5.48 Å². The van der Waals surface area contributed by atoms with Crippen LogP contribution in [0.2, 0.25) is 5.02 Å². The molecule has 0 bridgehead atoms. The second-order valence-corrected chi connectivity index (χ2v) is 3.43. The van der Waals surface area contributed by atoms with E-state index in [0.717, 1.165) is 0 Å². The van der Waals surface area contributed by atoms with E-state index in [2.05, 4.69) is 0 Å². The Morgan fingerprint density at radius 1 is 1.40 bits per heavy atom. The summed E-state index contributed by atoms with van der Waals surface area (Å²) in [6.07, 6.45) is 0. The molecule has 0 atom stereocenters. The molecule has 0 saturated heterocycles. The quantitative estimate of drug-likeness (QED) is 0.670. The van der Waals surface area contributed by atoms with Crippen LogP contribution in [-0.4, -0.2) is 23.5 Å². The first-order chi connectivity index (χ1) is 7.24. The summed E-state index contributed by atoms with van der Waals surface area (Å²) in [7, 11) is 0. The minimum atomic E-state index is -0.0915. The smallest absolute Gasteiger partial charge is 0.167 e. The van der Waals surface area contributed by atoms with Crippen LogP contribution in [0.15, 0.2) is 6.07 Å². The van der Waals surface area contributed by atoms with Gasteiger partial charge in [-0.05, 0) is 0 Å². The van der Waals surface area contributed by atoms with Gasteiger partial charge < -0.3 is 19.8 Å². The average Bonchev–Trinajstić information content (AvgIpc) is 2.25. The highest BCUT2D eigenvalue weighted by Crippen LogP contribution is 2.43. The van der Waals surface area contributed by atoms with E-state index in [0.29, 0.717) is 30.3 Å². The van der Waals surface area contributed by atoms with Crippen molar-refractivity contribution < 1.29 is 19.8 Å². The molecule has 0 aliphatic carbocycles. The molecule has 5 nitrogen and oxygen atoms in total. The molecule has 15 heavy (non-hydrogen) atoms. The first kappa shape index (κ1) is 10.4. The van der Waals surface area contributed by atoms with Crippen molar-refractivity contribution in [3.63, 3.8) is 0 Å². The van der Waals surface area contributed by atoms with Crippen molar-refractivity contribution in [1.29, 1.82) is 0 Å². The molecule has 0 amide bonds. The summed E-state index contributed by atoms with van der Waals surface area (Å²) < 4.78 is 10.7. The molecular formula is C9H10ClNO4. The number of rotatable bonds is 2. The van der Waals surface area contributed by atoms with Gasteiger partial charge in [0.2, 0.25) is 0 Å². The zero-order valence-electron chi connectivity index (χ0n) is 7.79. The van der Waals surface area contributed by atoms with Gasteiger partial charge in [-0.2, -0.15) is 0 Å². The van der Waals surface area contributed by atoms with Crippen LogP contribution >= 0.6 is 11.6 Å². The molecule has 0 unspecified atom stereocenters. The molecule has 6 heteroatoms. The van der Waals surface area contributed by atoms with Gasteiger partial charge in [-0.15, -0.1) is 0 Å². The van der Waals surface area contributed by atoms with E-state index in [1.54, 1.807) is 0 Å². The van der Waals surface area contributed by atoms with Gasteiger partial charge in [0.05, 0.1) is 11.6 Å². The molecule has 0 radical (unpaired) electrons. The number of hydrogen-bond acceptors (Lipinski definition) is 5.